The van der Waals surface area contributed by atoms with Crippen LogP contribution in [0.1, 0.15) is 33.6 Å². The summed E-state index contributed by atoms with van der Waals surface area (Å²) in [5.41, 5.74) is -0.617. The number of esters is 1. The topological polar surface area (TPSA) is 76.1 Å². The highest BCUT2D eigenvalue weighted by molar-refractivity contribution is 5.91. The minimum absolute atomic E-state index is 0.0485. The van der Waals surface area contributed by atoms with E-state index in [1.807, 2.05) is 0 Å². The minimum Gasteiger partial charge on any atom is -0.467 e. The van der Waals surface area contributed by atoms with Crippen LogP contribution in [0, 0.1) is 0 Å². The Morgan fingerprint density at radius 3 is 2.45 bits per heavy atom. The normalized spacial score (nSPS) is 25.7. The number of hydrogen-bond acceptors (Lipinski definition) is 5. The molecule has 2 aliphatic rings. The standard InChI is InChI=1S/C13H20N2O5/c1-13(2,3)20-12(18)14-7-10(16)15-8(11(17)19-4)5-6-9(14)15/h8-9H,5-7H2,1-4H3/t8-,9?/m0/s1. The van der Waals surface area contributed by atoms with Gasteiger partial charge >= 0.3 is 12.1 Å². The highest BCUT2D eigenvalue weighted by Gasteiger charge is 2.51. The Bertz CT molecular complexity index is 443. The molecule has 0 aromatic heterocycles. The molecular weight excluding hydrogens is 264 g/mol. The molecule has 7 heteroatoms. The molecule has 112 valence electrons. The van der Waals surface area contributed by atoms with Crippen molar-refractivity contribution in [3.63, 3.8) is 0 Å². The van der Waals surface area contributed by atoms with Crippen LogP contribution >= 0.6 is 0 Å². The number of carbonyl (C=O) groups is 3. The average molecular weight is 284 g/mol. The van der Waals surface area contributed by atoms with Gasteiger partial charge in [0.05, 0.1) is 7.11 Å². The molecule has 0 bridgehead atoms. The molecule has 0 radical (unpaired) electrons. The second kappa shape index (κ2) is 4.96. The molecule has 2 atom stereocenters. The zero-order valence-corrected chi connectivity index (χ0v) is 12.2. The summed E-state index contributed by atoms with van der Waals surface area (Å²) in [6, 6.07) is -0.593. The van der Waals surface area contributed by atoms with Crippen molar-refractivity contribution in [2.24, 2.45) is 0 Å². The van der Waals surface area contributed by atoms with E-state index >= 15 is 0 Å². The van der Waals surface area contributed by atoms with E-state index in [0.29, 0.717) is 12.8 Å². The molecule has 2 rings (SSSR count). The van der Waals surface area contributed by atoms with Gasteiger partial charge in [-0.1, -0.05) is 0 Å². The molecule has 1 unspecified atom stereocenters. The summed E-state index contributed by atoms with van der Waals surface area (Å²) in [5, 5.41) is 0. The summed E-state index contributed by atoms with van der Waals surface area (Å²) in [5.74, 6) is -0.680. The van der Waals surface area contributed by atoms with Crippen LogP contribution in [0.5, 0.6) is 0 Å². The molecule has 2 aliphatic heterocycles. The van der Waals surface area contributed by atoms with Crippen molar-refractivity contribution in [1.82, 2.24) is 9.80 Å². The first-order valence-corrected chi connectivity index (χ1v) is 6.63. The lowest BCUT2D eigenvalue weighted by molar-refractivity contribution is -0.150. The first kappa shape index (κ1) is 14.6. The second-order valence-electron chi connectivity index (χ2n) is 6.01. The fourth-order valence-electron chi connectivity index (χ4n) is 2.65. The van der Waals surface area contributed by atoms with Crippen LogP contribution in [0.4, 0.5) is 4.79 Å². The molecule has 0 saturated carbocycles. The van der Waals surface area contributed by atoms with E-state index in [-0.39, 0.29) is 12.5 Å². The summed E-state index contributed by atoms with van der Waals surface area (Å²) in [4.78, 5) is 38.6. The number of nitrogens with zero attached hydrogens (tertiary/aromatic N) is 2. The van der Waals surface area contributed by atoms with Crippen LogP contribution in [0.3, 0.4) is 0 Å². The van der Waals surface area contributed by atoms with Gasteiger partial charge in [-0.2, -0.15) is 0 Å². The Balaban J connectivity index is 2.12. The van der Waals surface area contributed by atoms with E-state index in [0.717, 1.165) is 0 Å². The monoisotopic (exact) mass is 284 g/mol. The smallest absolute Gasteiger partial charge is 0.412 e. The zero-order chi connectivity index (χ0) is 15.1. The van der Waals surface area contributed by atoms with Gasteiger partial charge in [-0.3, -0.25) is 9.69 Å². The van der Waals surface area contributed by atoms with Crippen molar-refractivity contribution in [2.45, 2.75) is 51.4 Å². The van der Waals surface area contributed by atoms with Gasteiger partial charge in [0.1, 0.15) is 24.4 Å². The predicted molar refractivity (Wildman–Crippen MR) is 68.6 cm³/mol. The van der Waals surface area contributed by atoms with Crippen LogP contribution in [0.2, 0.25) is 0 Å². The van der Waals surface area contributed by atoms with Gasteiger partial charge in [0.15, 0.2) is 0 Å². The maximum Gasteiger partial charge on any atom is 0.412 e. The third-order valence-electron chi connectivity index (χ3n) is 3.41. The Labute approximate surface area is 117 Å². The van der Waals surface area contributed by atoms with Crippen molar-refractivity contribution in [3.8, 4) is 0 Å². The number of amides is 2. The average Bonchev–Trinajstić information content (AvgIpc) is 2.88. The van der Waals surface area contributed by atoms with Gasteiger partial charge in [0.2, 0.25) is 5.91 Å². The highest BCUT2D eigenvalue weighted by Crippen LogP contribution is 2.33. The zero-order valence-electron chi connectivity index (χ0n) is 12.2. The summed E-state index contributed by atoms with van der Waals surface area (Å²) in [7, 11) is 1.29. The van der Waals surface area contributed by atoms with Gasteiger partial charge in [-0.25, -0.2) is 9.59 Å². The SMILES string of the molecule is COC(=O)[C@@H]1CCC2N(C(=O)OC(C)(C)C)CC(=O)N21. The molecule has 0 aromatic rings. The Morgan fingerprint density at radius 2 is 1.90 bits per heavy atom. The van der Waals surface area contributed by atoms with Gasteiger partial charge in [-0.15, -0.1) is 0 Å². The second-order valence-corrected chi connectivity index (χ2v) is 6.01. The molecule has 0 spiro atoms. The maximum absolute atomic E-state index is 12.1. The van der Waals surface area contributed by atoms with Crippen molar-refractivity contribution in [2.75, 3.05) is 13.7 Å². The van der Waals surface area contributed by atoms with E-state index in [4.69, 9.17) is 9.47 Å². The van der Waals surface area contributed by atoms with E-state index in [2.05, 4.69) is 0 Å². The van der Waals surface area contributed by atoms with Crippen molar-refractivity contribution < 1.29 is 23.9 Å². The van der Waals surface area contributed by atoms with Gasteiger partial charge < -0.3 is 14.4 Å². The predicted octanol–water partition coefficient (Wildman–Crippen LogP) is 0.727. The molecule has 0 N–H and O–H groups in total. The molecule has 0 aliphatic carbocycles. The molecule has 2 saturated heterocycles. The summed E-state index contributed by atoms with van der Waals surface area (Å²) >= 11 is 0. The highest BCUT2D eigenvalue weighted by atomic mass is 16.6. The van der Waals surface area contributed by atoms with E-state index in [9.17, 15) is 14.4 Å². The fourth-order valence-corrected chi connectivity index (χ4v) is 2.65. The molecule has 2 fully saturated rings. The molecule has 2 amide bonds. The molecule has 0 aromatic carbocycles. The molecule has 7 nitrogen and oxygen atoms in total. The molecular formula is C13H20N2O5. The van der Waals surface area contributed by atoms with Gasteiger partial charge in [0, 0.05) is 0 Å². The minimum atomic E-state index is -0.617. The number of ether oxygens (including phenoxy) is 2. The first-order chi connectivity index (χ1) is 9.24. The fraction of sp³-hybridized carbons (Fsp3) is 0.769. The largest absolute Gasteiger partial charge is 0.467 e. The summed E-state index contributed by atoms with van der Waals surface area (Å²) in [6.45, 7) is 5.26. The van der Waals surface area contributed by atoms with E-state index < -0.39 is 29.9 Å². The number of hydrogen-bond donors (Lipinski definition) is 0. The van der Waals surface area contributed by atoms with Gasteiger partial charge in [-0.05, 0) is 33.6 Å². The lowest BCUT2D eigenvalue weighted by Crippen LogP contribution is -2.45. The number of methoxy groups -OCH3 is 1. The van der Waals surface area contributed by atoms with Crippen molar-refractivity contribution in [1.29, 1.82) is 0 Å². The first-order valence-electron chi connectivity index (χ1n) is 6.63. The third-order valence-corrected chi connectivity index (χ3v) is 3.41. The molecule has 2 heterocycles. The maximum atomic E-state index is 12.1. The molecule has 20 heavy (non-hydrogen) atoms. The summed E-state index contributed by atoms with van der Waals surface area (Å²) < 4.78 is 9.99. The lowest BCUT2D eigenvalue weighted by Gasteiger charge is -2.28. The number of fused-ring (bicyclic) bond motifs is 1. The van der Waals surface area contributed by atoms with E-state index in [1.54, 1.807) is 20.8 Å². The van der Waals surface area contributed by atoms with Crippen LogP contribution in [0.15, 0.2) is 0 Å². The van der Waals surface area contributed by atoms with Gasteiger partial charge in [0.25, 0.3) is 0 Å². The van der Waals surface area contributed by atoms with Crippen LogP contribution in [0.25, 0.3) is 0 Å². The van der Waals surface area contributed by atoms with Crippen LogP contribution in [-0.2, 0) is 19.1 Å². The lowest BCUT2D eigenvalue weighted by atomic mass is 10.2. The van der Waals surface area contributed by atoms with E-state index in [1.165, 1.54) is 16.9 Å². The number of rotatable bonds is 1. The number of carbonyl (C=O) groups excluding carboxylic acids is 3. The van der Waals surface area contributed by atoms with Crippen molar-refractivity contribution >= 4 is 18.0 Å². The van der Waals surface area contributed by atoms with Crippen molar-refractivity contribution in [3.05, 3.63) is 0 Å². The summed E-state index contributed by atoms with van der Waals surface area (Å²) in [6.07, 6.45) is 0.137. The third kappa shape index (κ3) is 2.57. The Hall–Kier alpha value is -1.79. The Kier molecular flexibility index (Phi) is 3.62. The van der Waals surface area contributed by atoms with Crippen LogP contribution in [-0.4, -0.2) is 59.2 Å². The Morgan fingerprint density at radius 1 is 1.25 bits per heavy atom. The van der Waals surface area contributed by atoms with Crippen LogP contribution < -0.4 is 0 Å². The quantitative estimate of drug-likeness (QED) is 0.663.